The Morgan fingerprint density at radius 2 is 1.32 bits per heavy atom. The third kappa shape index (κ3) is 11.5. The van der Waals surface area contributed by atoms with Crippen LogP contribution in [0.1, 0.15) is 25.0 Å². The monoisotopic (exact) mass is 1080 g/mol. The van der Waals surface area contributed by atoms with Gasteiger partial charge in [-0.25, -0.2) is 19.0 Å². The number of carbonyl (C=O) groups excluding carboxylic acids is 5. The molecule has 1 N–H and O–H groups in total. The van der Waals surface area contributed by atoms with Crippen LogP contribution in [0.25, 0.3) is 11.4 Å². The summed E-state index contributed by atoms with van der Waals surface area (Å²) in [7, 11) is -3.57. The van der Waals surface area contributed by atoms with Crippen LogP contribution < -0.4 is 20.7 Å². The minimum absolute atomic E-state index is 0.00934. The third-order valence-corrected chi connectivity index (χ3v) is 18.7. The second kappa shape index (κ2) is 22.8. The molecular weight excluding hydrogens is 1040 g/mol. The molecule has 20 nitrogen and oxygen atoms in total. The van der Waals surface area contributed by atoms with E-state index in [0.717, 1.165) is 19.3 Å². The molecule has 4 bridgehead atoms. The van der Waals surface area contributed by atoms with E-state index in [9.17, 15) is 32.4 Å². The van der Waals surface area contributed by atoms with Crippen molar-refractivity contribution in [2.75, 3.05) is 44.2 Å². The number of benzene rings is 3. The van der Waals surface area contributed by atoms with Crippen molar-refractivity contribution in [3.05, 3.63) is 179 Å². The first-order chi connectivity index (χ1) is 36.3. The number of allylic oxidation sites excluding steroid dienone is 1. The number of nitrogens with zero attached hydrogens (tertiary/aromatic N) is 11. The number of likely N-dealkylation sites (N-methyl/N-ethyl adjacent to an activating group) is 1. The van der Waals surface area contributed by atoms with E-state index in [0.29, 0.717) is 51.3 Å². The van der Waals surface area contributed by atoms with Gasteiger partial charge in [0, 0.05) is 44.8 Å². The summed E-state index contributed by atoms with van der Waals surface area (Å²) in [5, 5.41) is 13.6. The molecule has 3 aromatic carbocycles. The number of urea groups is 2. The summed E-state index contributed by atoms with van der Waals surface area (Å²) in [5.74, 6) is -0.141. The van der Waals surface area contributed by atoms with Crippen LogP contribution in [0.2, 0.25) is 0 Å². The Kier molecular flexibility index (Phi) is 15.9. The van der Waals surface area contributed by atoms with Crippen molar-refractivity contribution in [2.24, 2.45) is 0 Å². The van der Waals surface area contributed by atoms with E-state index in [1.165, 1.54) is 65.4 Å². The first-order valence-electron chi connectivity index (χ1n) is 23.1. The molecule has 8 heterocycles. The van der Waals surface area contributed by atoms with Crippen molar-refractivity contribution in [3.8, 4) is 0 Å². The van der Waals surface area contributed by atoms with E-state index in [4.69, 9.17) is 4.55 Å². The fourth-order valence-electron chi connectivity index (χ4n) is 9.00. The molecule has 0 aliphatic carbocycles. The van der Waals surface area contributed by atoms with Gasteiger partial charge in [-0.05, 0) is 54.6 Å². The van der Waals surface area contributed by atoms with Crippen LogP contribution in [0.15, 0.2) is 164 Å². The molecule has 1 radical (unpaired) electrons. The van der Waals surface area contributed by atoms with Crippen molar-refractivity contribution < 1.29 is 41.2 Å². The summed E-state index contributed by atoms with van der Waals surface area (Å²) >= 11 is 2.45. The number of carbonyl (C=O) groups is 5. The number of anilines is 1. The van der Waals surface area contributed by atoms with Gasteiger partial charge in [0.25, 0.3) is 5.91 Å². The van der Waals surface area contributed by atoms with Crippen LogP contribution >= 0.6 is 29.9 Å². The molecule has 7 aromatic rings. The standard InChI is InChI=1S/C21H20P.C15H14BN6O3S.C14H13N5O6S2/c1-2-18-22(19-12-6-3-7-13-19,20-14-8-4-9-15-20)21-16-10-5-11-17-21;1-19-10-4-11(7-20(6-10)15(19)25)21-3-2-13(18-21)22(16-8-23)14(24)12-5-17-9-26-12;20-12(13-5-15-8-26-13)3-9-1-2-18(16-9)10-4-11-7-17(6-10)14(21)19(11)25-27(22,23)24/h2-17H,1,18H2;2-5,8-10H,6-7H2,1H3;1-2,4-5,8,11H,3,6-7H2,(H,22,23,24)/q+1;;. The number of hydroxylamine groups is 2. The lowest BCUT2D eigenvalue weighted by atomic mass is 9.94. The molecule has 2 fully saturated rings. The average molecular weight is 1080 g/mol. The molecule has 5 amide bonds. The van der Waals surface area contributed by atoms with E-state index in [-0.39, 0.29) is 43.3 Å². The lowest BCUT2D eigenvalue weighted by molar-refractivity contribution is -0.0183. The molecule has 2 atom stereocenters. The number of fused-ring (bicyclic) bond motifs is 4. The number of hydrogen-bond donors (Lipinski definition) is 1. The number of rotatable bonds is 16. The number of Topliss-reactive ketones (excluding diaryl/α,β-unsaturated/α-hetero) is 1. The highest BCUT2D eigenvalue weighted by Crippen LogP contribution is 2.55. The Bertz CT molecular complexity index is 3270. The second-order valence-corrected chi connectivity index (χ2v) is 23.5. The molecule has 0 spiro atoms. The number of ketones is 1. The number of aromatic nitrogens is 6. The van der Waals surface area contributed by atoms with Crippen molar-refractivity contribution in [3.63, 3.8) is 0 Å². The fourth-order valence-corrected chi connectivity index (χ4v) is 14.5. The van der Waals surface area contributed by atoms with E-state index in [1.54, 1.807) is 63.2 Å². The van der Waals surface area contributed by atoms with E-state index in [2.05, 4.69) is 128 Å². The molecule has 381 valence electrons. The van der Waals surface area contributed by atoms with Crippen molar-refractivity contribution >= 4 is 111 Å². The topological polar surface area (TPSA) is 227 Å². The molecule has 2 unspecified atom stereocenters. The van der Waals surface area contributed by atoms with Crippen LogP contribution in [0.3, 0.4) is 0 Å². The Balaban J connectivity index is 0.000000139. The van der Waals surface area contributed by atoms with Crippen LogP contribution in [0.4, 0.5) is 15.4 Å². The first kappa shape index (κ1) is 52.1. The Labute approximate surface area is 441 Å². The predicted octanol–water partition coefficient (Wildman–Crippen LogP) is 5.01. The molecule has 75 heavy (non-hydrogen) atoms. The van der Waals surface area contributed by atoms with Crippen LogP contribution in [0, 0.1) is 0 Å². The average Bonchev–Trinajstić information content (AvgIpc) is 4.33. The van der Waals surface area contributed by atoms with E-state index >= 15 is 0 Å². The van der Waals surface area contributed by atoms with Crippen LogP contribution in [0.5, 0.6) is 0 Å². The highest BCUT2D eigenvalue weighted by Gasteiger charge is 2.45. The normalized spacial score (nSPS) is 16.8. The molecule has 2 saturated heterocycles. The van der Waals surface area contributed by atoms with Crippen molar-refractivity contribution in [2.45, 2.75) is 18.5 Å². The highest BCUT2D eigenvalue weighted by atomic mass is 32.3. The van der Waals surface area contributed by atoms with E-state index in [1.807, 2.05) is 6.08 Å². The third-order valence-electron chi connectivity index (χ3n) is 12.5. The zero-order valence-corrected chi connectivity index (χ0v) is 43.4. The van der Waals surface area contributed by atoms with E-state index < -0.39 is 29.7 Å². The SMILES string of the molecule is C=CC[P+](c1ccccc1)(c1ccccc1)c1ccccc1.CN1C(=O)N2CC(n3ccc(N([B]C=O)C(=O)c4cncs4)n3)=CC1C2.O=C(Cc1ccn(C2=CC3CN(C2)C(=O)N3OS(=O)(=O)O)n1)c1cncs1. The van der Waals surface area contributed by atoms with Gasteiger partial charge in [-0.15, -0.1) is 27.0 Å². The lowest BCUT2D eigenvalue weighted by Gasteiger charge is -2.26. The second-order valence-electron chi connectivity index (χ2n) is 17.2. The zero-order valence-electron chi connectivity index (χ0n) is 40.1. The molecule has 11 rings (SSSR count). The molecule has 4 aliphatic heterocycles. The van der Waals surface area contributed by atoms with Crippen LogP contribution in [-0.2, 0) is 25.9 Å². The molecule has 25 heteroatoms. The summed E-state index contributed by atoms with van der Waals surface area (Å²) in [6.45, 7) is 5.58. The summed E-state index contributed by atoms with van der Waals surface area (Å²) in [6.07, 6.45) is 13.7. The molecule has 0 saturated carbocycles. The van der Waals surface area contributed by atoms with Gasteiger partial charge < -0.3 is 24.3 Å². The minimum atomic E-state index is -4.81. The summed E-state index contributed by atoms with van der Waals surface area (Å²) in [6, 6.07) is 34.6. The Hall–Kier alpha value is -7.73. The Morgan fingerprint density at radius 1 is 0.787 bits per heavy atom. The quantitative estimate of drug-likeness (QED) is 0.0336. The molecular formula is C50H47BN11O9PS3+. The minimum Gasteiger partial charge on any atom is -0.332 e. The molecule has 4 aromatic heterocycles. The van der Waals surface area contributed by atoms with Gasteiger partial charge in [-0.3, -0.25) is 24.1 Å². The lowest BCUT2D eigenvalue weighted by Crippen LogP contribution is -2.35. The van der Waals surface area contributed by atoms with Gasteiger partial charge in [0.2, 0.25) is 0 Å². The van der Waals surface area contributed by atoms with Crippen molar-refractivity contribution in [1.82, 2.24) is 49.3 Å². The smallest absolute Gasteiger partial charge is 0.332 e. The van der Waals surface area contributed by atoms with Gasteiger partial charge in [0.05, 0.1) is 70.9 Å². The molecule has 4 aliphatic rings. The maximum absolute atomic E-state index is 12.6. The fraction of sp³-hybridized carbons (Fsp3) is 0.180. The summed E-state index contributed by atoms with van der Waals surface area (Å²) < 4.78 is 38.2. The van der Waals surface area contributed by atoms with Crippen LogP contribution in [-0.4, -0.2) is 151 Å². The zero-order chi connectivity index (χ0) is 52.7. The summed E-state index contributed by atoms with van der Waals surface area (Å²) in [5.41, 5.74) is 5.16. The van der Waals surface area contributed by atoms with Gasteiger partial charge in [-0.1, -0.05) is 67.3 Å². The maximum Gasteiger partial charge on any atom is 0.418 e. The Morgan fingerprint density at radius 3 is 1.85 bits per heavy atom. The highest BCUT2D eigenvalue weighted by molar-refractivity contribution is 7.95. The largest absolute Gasteiger partial charge is 0.418 e. The van der Waals surface area contributed by atoms with Gasteiger partial charge in [-0.2, -0.15) is 23.7 Å². The predicted molar refractivity (Wildman–Crippen MR) is 289 cm³/mol. The number of amides is 5. The van der Waals surface area contributed by atoms with Crippen molar-refractivity contribution in [1.29, 1.82) is 0 Å². The van der Waals surface area contributed by atoms with Gasteiger partial charge in [0.15, 0.2) is 5.78 Å². The van der Waals surface area contributed by atoms with Gasteiger partial charge in [0.1, 0.15) is 46.1 Å². The number of hydrogen-bond acceptors (Lipinski definition) is 14. The first-order valence-corrected chi connectivity index (χ1v) is 28.2. The number of thiazole rings is 2. The summed E-state index contributed by atoms with van der Waals surface area (Å²) in [4.78, 5) is 74.6. The maximum atomic E-state index is 12.6. The van der Waals surface area contributed by atoms with Gasteiger partial charge >= 0.3 is 29.9 Å².